The van der Waals surface area contributed by atoms with Crippen molar-refractivity contribution >= 4 is 0 Å². The maximum absolute atomic E-state index is 6.23. The van der Waals surface area contributed by atoms with E-state index in [1.807, 2.05) is 6.26 Å². The lowest BCUT2D eigenvalue weighted by atomic mass is 9.87. The molecule has 3 nitrogen and oxygen atoms in total. The number of piperidine rings is 1. The number of benzene rings is 1. The quantitative estimate of drug-likeness (QED) is 0.917. The molecule has 3 rings (SSSR count). The van der Waals surface area contributed by atoms with Gasteiger partial charge in [-0.05, 0) is 41.1 Å². The van der Waals surface area contributed by atoms with Gasteiger partial charge in [-0.2, -0.15) is 0 Å². The first kappa shape index (κ1) is 16.3. The van der Waals surface area contributed by atoms with Gasteiger partial charge in [0.25, 0.3) is 0 Å². The van der Waals surface area contributed by atoms with Gasteiger partial charge in [-0.3, -0.25) is 0 Å². The van der Waals surface area contributed by atoms with Crippen LogP contribution in [-0.4, -0.2) is 19.2 Å². The van der Waals surface area contributed by atoms with Crippen LogP contribution in [0.25, 0.3) is 0 Å². The van der Waals surface area contributed by atoms with E-state index in [-0.39, 0.29) is 11.5 Å². The fourth-order valence-corrected chi connectivity index (χ4v) is 3.18. The van der Waals surface area contributed by atoms with Crippen molar-refractivity contribution in [1.29, 1.82) is 0 Å². The Morgan fingerprint density at radius 3 is 2.61 bits per heavy atom. The van der Waals surface area contributed by atoms with Crippen LogP contribution < -0.4 is 5.32 Å². The molecule has 1 aromatic heterocycles. The van der Waals surface area contributed by atoms with E-state index >= 15 is 0 Å². The Morgan fingerprint density at radius 1 is 1.17 bits per heavy atom. The topological polar surface area (TPSA) is 34.4 Å². The van der Waals surface area contributed by atoms with Crippen LogP contribution in [0.1, 0.15) is 49.8 Å². The molecular formula is C20H27NO2. The number of hydrogen-bond donors (Lipinski definition) is 1. The minimum Gasteiger partial charge on any atom is -0.472 e. The van der Waals surface area contributed by atoms with Crippen LogP contribution >= 0.6 is 0 Å². The summed E-state index contributed by atoms with van der Waals surface area (Å²) in [6, 6.07) is 10.9. The molecule has 0 amide bonds. The van der Waals surface area contributed by atoms with Gasteiger partial charge in [0.15, 0.2) is 0 Å². The zero-order valence-electron chi connectivity index (χ0n) is 14.3. The fraction of sp³-hybridized carbons (Fsp3) is 0.500. The van der Waals surface area contributed by atoms with E-state index in [0.29, 0.717) is 12.5 Å². The van der Waals surface area contributed by atoms with E-state index in [1.54, 1.807) is 6.26 Å². The first-order chi connectivity index (χ1) is 11.0. The summed E-state index contributed by atoms with van der Waals surface area (Å²) in [7, 11) is 0. The Hall–Kier alpha value is -1.58. The van der Waals surface area contributed by atoms with Crippen LogP contribution in [0.5, 0.6) is 0 Å². The lowest BCUT2D eigenvalue weighted by Gasteiger charge is -2.31. The Bertz CT molecular complexity index is 596. The highest BCUT2D eigenvalue weighted by molar-refractivity contribution is 5.27. The number of nitrogens with one attached hydrogen (secondary N) is 1. The molecular weight excluding hydrogens is 286 g/mol. The van der Waals surface area contributed by atoms with E-state index in [1.165, 1.54) is 16.7 Å². The minimum atomic E-state index is 0.194. The molecule has 1 saturated heterocycles. The van der Waals surface area contributed by atoms with E-state index in [9.17, 15) is 0 Å². The normalized spacial score (nSPS) is 22.2. The van der Waals surface area contributed by atoms with Crippen molar-refractivity contribution in [3.63, 3.8) is 0 Å². The molecule has 124 valence electrons. The van der Waals surface area contributed by atoms with Crippen molar-refractivity contribution in [2.45, 2.75) is 51.2 Å². The van der Waals surface area contributed by atoms with Crippen molar-refractivity contribution in [3.05, 3.63) is 59.5 Å². The Morgan fingerprint density at radius 2 is 1.96 bits per heavy atom. The number of hydrogen-bond acceptors (Lipinski definition) is 3. The molecule has 0 unspecified atom stereocenters. The summed E-state index contributed by atoms with van der Waals surface area (Å²) in [6.07, 6.45) is 4.89. The third-order valence-electron chi connectivity index (χ3n) is 4.68. The SMILES string of the molecule is CC(C)(C)c1ccc(CO[C@H]2CNCC[C@H]2c2ccoc2)cc1. The van der Waals surface area contributed by atoms with Crippen LogP contribution in [0.3, 0.4) is 0 Å². The number of furan rings is 1. The molecule has 3 heteroatoms. The molecule has 2 heterocycles. The molecule has 0 radical (unpaired) electrons. The minimum absolute atomic E-state index is 0.194. The average molecular weight is 313 g/mol. The first-order valence-corrected chi connectivity index (χ1v) is 8.48. The van der Waals surface area contributed by atoms with Crippen LogP contribution in [-0.2, 0) is 16.8 Å². The number of ether oxygens (including phenoxy) is 1. The molecule has 1 fully saturated rings. The lowest BCUT2D eigenvalue weighted by Crippen LogP contribution is -2.40. The van der Waals surface area contributed by atoms with Crippen molar-refractivity contribution in [2.75, 3.05) is 13.1 Å². The zero-order valence-corrected chi connectivity index (χ0v) is 14.3. The van der Waals surface area contributed by atoms with Crippen LogP contribution in [0.2, 0.25) is 0 Å². The highest BCUT2D eigenvalue weighted by Crippen LogP contribution is 2.29. The number of rotatable bonds is 4. The molecule has 1 N–H and O–H groups in total. The molecule has 1 aromatic carbocycles. The summed E-state index contributed by atoms with van der Waals surface area (Å²) in [5, 5.41) is 3.44. The Balaban J connectivity index is 1.62. The van der Waals surface area contributed by atoms with Gasteiger partial charge >= 0.3 is 0 Å². The average Bonchev–Trinajstić information content (AvgIpc) is 3.07. The highest BCUT2D eigenvalue weighted by atomic mass is 16.5. The molecule has 0 aliphatic carbocycles. The van der Waals surface area contributed by atoms with Crippen molar-refractivity contribution in [3.8, 4) is 0 Å². The maximum atomic E-state index is 6.23. The maximum Gasteiger partial charge on any atom is 0.0938 e. The molecule has 2 aromatic rings. The molecule has 2 atom stereocenters. The van der Waals surface area contributed by atoms with Gasteiger partial charge in [0.05, 0.1) is 25.2 Å². The third-order valence-corrected chi connectivity index (χ3v) is 4.68. The molecule has 1 aliphatic heterocycles. The zero-order chi connectivity index (χ0) is 16.3. The predicted molar refractivity (Wildman–Crippen MR) is 92.7 cm³/mol. The Kier molecular flexibility index (Phi) is 4.88. The summed E-state index contributed by atoms with van der Waals surface area (Å²) in [4.78, 5) is 0. The van der Waals surface area contributed by atoms with Gasteiger partial charge in [-0.25, -0.2) is 0 Å². The van der Waals surface area contributed by atoms with Crippen molar-refractivity contribution < 1.29 is 9.15 Å². The lowest BCUT2D eigenvalue weighted by molar-refractivity contribution is 0.0105. The van der Waals surface area contributed by atoms with E-state index in [4.69, 9.17) is 9.15 Å². The Labute approximate surface area is 139 Å². The van der Waals surface area contributed by atoms with Gasteiger partial charge in [-0.1, -0.05) is 45.0 Å². The molecule has 0 saturated carbocycles. The largest absolute Gasteiger partial charge is 0.472 e. The second kappa shape index (κ2) is 6.90. The summed E-state index contributed by atoms with van der Waals surface area (Å²) >= 11 is 0. The third kappa shape index (κ3) is 4.04. The molecule has 1 aliphatic rings. The predicted octanol–water partition coefficient (Wildman–Crippen LogP) is 4.24. The summed E-state index contributed by atoms with van der Waals surface area (Å²) < 4.78 is 11.5. The van der Waals surface area contributed by atoms with Gasteiger partial charge in [0.2, 0.25) is 0 Å². The van der Waals surface area contributed by atoms with E-state index < -0.39 is 0 Å². The molecule has 0 bridgehead atoms. The highest BCUT2D eigenvalue weighted by Gasteiger charge is 2.27. The molecule has 23 heavy (non-hydrogen) atoms. The standard InChI is InChI=1S/C20H27NO2/c1-20(2,3)17-6-4-15(5-7-17)13-23-19-12-21-10-8-18(19)16-9-11-22-14-16/h4-7,9,11,14,18-19,21H,8,10,12-13H2,1-3H3/t18-,19-/m0/s1. The fourth-order valence-electron chi connectivity index (χ4n) is 3.18. The summed E-state index contributed by atoms with van der Waals surface area (Å²) in [5.74, 6) is 0.420. The van der Waals surface area contributed by atoms with Gasteiger partial charge in [0, 0.05) is 12.5 Å². The van der Waals surface area contributed by atoms with Crippen LogP contribution in [0, 0.1) is 0 Å². The van der Waals surface area contributed by atoms with Gasteiger partial charge < -0.3 is 14.5 Å². The molecule has 0 spiro atoms. The van der Waals surface area contributed by atoms with E-state index in [2.05, 4.69) is 56.4 Å². The van der Waals surface area contributed by atoms with Crippen molar-refractivity contribution in [1.82, 2.24) is 5.32 Å². The monoisotopic (exact) mass is 313 g/mol. The van der Waals surface area contributed by atoms with Gasteiger partial charge in [0.1, 0.15) is 0 Å². The second-order valence-corrected chi connectivity index (χ2v) is 7.45. The van der Waals surface area contributed by atoms with Gasteiger partial charge in [-0.15, -0.1) is 0 Å². The van der Waals surface area contributed by atoms with Crippen LogP contribution in [0.15, 0.2) is 47.3 Å². The second-order valence-electron chi connectivity index (χ2n) is 7.45. The van der Waals surface area contributed by atoms with Crippen LogP contribution in [0.4, 0.5) is 0 Å². The summed E-state index contributed by atoms with van der Waals surface area (Å²) in [6.45, 7) is 9.31. The van der Waals surface area contributed by atoms with Crippen molar-refractivity contribution in [2.24, 2.45) is 0 Å². The first-order valence-electron chi connectivity index (χ1n) is 8.48. The van der Waals surface area contributed by atoms with E-state index in [0.717, 1.165) is 19.5 Å². The smallest absolute Gasteiger partial charge is 0.0938 e. The summed E-state index contributed by atoms with van der Waals surface area (Å²) in [5.41, 5.74) is 4.03.